The van der Waals surface area contributed by atoms with Crippen LogP contribution in [0.2, 0.25) is 0 Å². The Kier molecular flexibility index (Phi) is 6.57. The molecule has 1 aromatic rings. The molecule has 1 heterocycles. The predicted octanol–water partition coefficient (Wildman–Crippen LogP) is 0.550. The van der Waals surface area contributed by atoms with Crippen LogP contribution in [0.25, 0.3) is 0 Å². The van der Waals surface area contributed by atoms with Gasteiger partial charge in [0.15, 0.2) is 0 Å². The van der Waals surface area contributed by atoms with Crippen LogP contribution in [0.4, 0.5) is 0 Å². The van der Waals surface area contributed by atoms with Gasteiger partial charge < -0.3 is 5.32 Å². The summed E-state index contributed by atoms with van der Waals surface area (Å²) in [6.45, 7) is 5.55. The van der Waals surface area contributed by atoms with E-state index in [9.17, 15) is 4.79 Å². The molecule has 0 radical (unpaired) electrons. The van der Waals surface area contributed by atoms with Crippen LogP contribution < -0.4 is 5.32 Å². The Morgan fingerprint density at radius 3 is 2.64 bits per heavy atom. The normalized spacial score (nSPS) is 11.4. The number of carbonyl (C=O) groups excluding carboxylic acids is 1. The molecule has 0 amide bonds. The molecule has 0 spiro atoms. The highest BCUT2D eigenvalue weighted by atomic mass is 16.1. The van der Waals surface area contributed by atoms with Gasteiger partial charge in [0.1, 0.15) is 17.9 Å². The molecule has 1 rings (SSSR count). The number of aromatic nitrogens is 3. The molecule has 1 aromatic heterocycles. The molecule has 0 aliphatic rings. The maximum Gasteiger partial charge on any atom is 0.147 e. The van der Waals surface area contributed by atoms with Crippen molar-refractivity contribution < 1.29 is 4.79 Å². The first-order valence-electron chi connectivity index (χ1n) is 4.76. The molecular weight excluding hydrogens is 180 g/mol. The van der Waals surface area contributed by atoms with Crippen molar-refractivity contribution >= 4 is 5.78 Å². The van der Waals surface area contributed by atoms with E-state index in [0.717, 1.165) is 5.82 Å². The highest BCUT2D eigenvalue weighted by Crippen LogP contribution is 1.95. The van der Waals surface area contributed by atoms with Crippen molar-refractivity contribution in [2.75, 3.05) is 7.05 Å². The summed E-state index contributed by atoms with van der Waals surface area (Å²) in [5, 5.41) is 9.30. The Balaban J connectivity index is 0.000000791. The molecule has 14 heavy (non-hydrogen) atoms. The molecule has 5 heteroatoms. The van der Waals surface area contributed by atoms with Crippen LogP contribution in [0.15, 0.2) is 6.33 Å². The minimum absolute atomic E-state index is 0.105. The summed E-state index contributed by atoms with van der Waals surface area (Å²) < 4.78 is 0. The molecule has 0 fully saturated rings. The molecule has 5 nitrogen and oxygen atoms in total. The molecule has 1 atom stereocenters. The smallest absolute Gasteiger partial charge is 0.147 e. The molecule has 0 saturated carbocycles. The van der Waals surface area contributed by atoms with Crippen LogP contribution in [0, 0.1) is 0 Å². The summed E-state index contributed by atoms with van der Waals surface area (Å²) in [6.07, 6.45) is 1.99. The molecule has 80 valence electrons. The number of rotatable bonds is 4. The molecule has 2 N–H and O–H groups in total. The number of Topliss-reactive ketones (excluding diaryl/α,β-unsaturated/α-hetero) is 1. The van der Waals surface area contributed by atoms with Crippen LogP contribution in [-0.2, 0) is 11.2 Å². The minimum Gasteiger partial charge on any atom is -0.310 e. The lowest BCUT2D eigenvalue weighted by molar-refractivity contribution is -0.118. The van der Waals surface area contributed by atoms with Crippen molar-refractivity contribution in [3.63, 3.8) is 0 Å². The van der Waals surface area contributed by atoms with E-state index in [1.54, 1.807) is 14.0 Å². The van der Waals surface area contributed by atoms with Crippen LogP contribution in [0.3, 0.4) is 0 Å². The minimum atomic E-state index is -0.169. The number of aromatic amines is 1. The van der Waals surface area contributed by atoms with Crippen molar-refractivity contribution in [2.45, 2.75) is 33.2 Å². The summed E-state index contributed by atoms with van der Waals surface area (Å²) in [4.78, 5) is 14.9. The lowest BCUT2D eigenvalue weighted by atomic mass is 10.1. The van der Waals surface area contributed by atoms with Gasteiger partial charge >= 0.3 is 0 Å². The van der Waals surface area contributed by atoms with E-state index in [1.165, 1.54) is 6.33 Å². The Hall–Kier alpha value is -1.23. The van der Waals surface area contributed by atoms with Crippen LogP contribution in [-0.4, -0.2) is 34.1 Å². The van der Waals surface area contributed by atoms with Crippen molar-refractivity contribution in [1.82, 2.24) is 20.5 Å². The Bertz CT molecular complexity index is 245. The van der Waals surface area contributed by atoms with Crippen molar-refractivity contribution in [3.8, 4) is 0 Å². The highest BCUT2D eigenvalue weighted by molar-refractivity contribution is 5.81. The summed E-state index contributed by atoms with van der Waals surface area (Å²) in [7, 11) is 1.75. The molecule has 1 unspecified atom stereocenters. The third-order valence-electron chi connectivity index (χ3n) is 1.70. The Labute approximate surface area is 84.3 Å². The zero-order chi connectivity index (χ0) is 11.0. The largest absolute Gasteiger partial charge is 0.310 e. The number of carbonyl (C=O) groups is 1. The van der Waals surface area contributed by atoms with E-state index in [-0.39, 0.29) is 11.8 Å². The number of ketones is 1. The van der Waals surface area contributed by atoms with Gasteiger partial charge in [-0.25, -0.2) is 4.98 Å². The lowest BCUT2D eigenvalue weighted by Gasteiger charge is -2.09. The number of nitrogens with one attached hydrogen (secondary N) is 2. The quantitative estimate of drug-likeness (QED) is 0.741. The predicted molar refractivity (Wildman–Crippen MR) is 55.0 cm³/mol. The second-order valence-corrected chi connectivity index (χ2v) is 2.59. The lowest BCUT2D eigenvalue weighted by Crippen LogP contribution is -2.34. The fourth-order valence-electron chi connectivity index (χ4n) is 0.972. The standard InChI is InChI=1S/C7H12N4O.C2H6/c1-5(12)6(8-2)3-7-9-4-10-11-7;1-2/h4,6,8H,3H2,1-2H3,(H,9,10,11);1-2H3. The molecule has 0 saturated heterocycles. The monoisotopic (exact) mass is 198 g/mol. The van der Waals surface area contributed by atoms with Gasteiger partial charge in [0.25, 0.3) is 0 Å². The van der Waals surface area contributed by atoms with Crippen molar-refractivity contribution in [3.05, 3.63) is 12.2 Å². The van der Waals surface area contributed by atoms with Gasteiger partial charge in [-0.05, 0) is 14.0 Å². The first kappa shape index (κ1) is 12.8. The van der Waals surface area contributed by atoms with Crippen LogP contribution in [0.1, 0.15) is 26.6 Å². The number of nitrogens with zero attached hydrogens (tertiary/aromatic N) is 2. The van der Waals surface area contributed by atoms with Crippen LogP contribution in [0.5, 0.6) is 0 Å². The van der Waals surface area contributed by atoms with Gasteiger partial charge in [0, 0.05) is 6.42 Å². The Morgan fingerprint density at radius 1 is 1.64 bits per heavy atom. The molecule has 0 aliphatic heterocycles. The third-order valence-corrected chi connectivity index (χ3v) is 1.70. The summed E-state index contributed by atoms with van der Waals surface area (Å²) in [5.74, 6) is 0.832. The average molecular weight is 198 g/mol. The second-order valence-electron chi connectivity index (χ2n) is 2.59. The number of likely N-dealkylation sites (N-methyl/N-ethyl adjacent to an activating group) is 1. The van der Waals surface area contributed by atoms with Gasteiger partial charge in [0.2, 0.25) is 0 Å². The zero-order valence-electron chi connectivity index (χ0n) is 9.16. The third kappa shape index (κ3) is 4.13. The van der Waals surface area contributed by atoms with E-state index in [1.807, 2.05) is 13.8 Å². The summed E-state index contributed by atoms with van der Waals surface area (Å²) in [5.41, 5.74) is 0. The number of H-pyrrole nitrogens is 1. The first-order valence-corrected chi connectivity index (χ1v) is 4.76. The van der Waals surface area contributed by atoms with Gasteiger partial charge in [-0.2, -0.15) is 5.10 Å². The SMILES string of the molecule is CC.CNC(Cc1ncn[nH]1)C(C)=O. The van der Waals surface area contributed by atoms with Gasteiger partial charge in [-0.1, -0.05) is 13.8 Å². The van der Waals surface area contributed by atoms with Gasteiger partial charge in [-0.15, -0.1) is 0 Å². The summed E-state index contributed by atoms with van der Waals surface area (Å²) >= 11 is 0. The van der Waals surface area contributed by atoms with E-state index in [0.29, 0.717) is 6.42 Å². The van der Waals surface area contributed by atoms with Crippen LogP contribution >= 0.6 is 0 Å². The molecule has 0 aliphatic carbocycles. The fourth-order valence-corrected chi connectivity index (χ4v) is 0.972. The van der Waals surface area contributed by atoms with E-state index in [2.05, 4.69) is 20.5 Å². The van der Waals surface area contributed by atoms with E-state index < -0.39 is 0 Å². The second kappa shape index (κ2) is 7.20. The van der Waals surface area contributed by atoms with Gasteiger partial charge in [0.05, 0.1) is 6.04 Å². The topological polar surface area (TPSA) is 70.7 Å². The fraction of sp³-hybridized carbons (Fsp3) is 0.667. The maximum absolute atomic E-state index is 11.0. The highest BCUT2D eigenvalue weighted by Gasteiger charge is 2.13. The van der Waals surface area contributed by atoms with Crippen molar-refractivity contribution in [2.24, 2.45) is 0 Å². The zero-order valence-corrected chi connectivity index (χ0v) is 9.16. The molecular formula is C9H18N4O. The number of hydrogen-bond donors (Lipinski definition) is 2. The average Bonchev–Trinajstić information content (AvgIpc) is 2.69. The van der Waals surface area contributed by atoms with E-state index in [4.69, 9.17) is 0 Å². The summed E-state index contributed by atoms with van der Waals surface area (Å²) in [6, 6.07) is -0.169. The first-order chi connectivity index (χ1) is 6.74. The maximum atomic E-state index is 11.0. The van der Waals surface area contributed by atoms with Gasteiger partial charge in [-0.3, -0.25) is 9.89 Å². The van der Waals surface area contributed by atoms with Crippen molar-refractivity contribution in [1.29, 1.82) is 0 Å². The molecule has 0 bridgehead atoms. The van der Waals surface area contributed by atoms with E-state index >= 15 is 0 Å². The molecule has 0 aromatic carbocycles. The number of hydrogen-bond acceptors (Lipinski definition) is 4. The Morgan fingerprint density at radius 2 is 2.29 bits per heavy atom.